The fraction of sp³-hybridized carbons (Fsp3) is 0.714. The number of halogens is 1. The Morgan fingerprint density at radius 3 is 2.74 bits per heavy atom. The van der Waals surface area contributed by atoms with Crippen molar-refractivity contribution in [3.05, 3.63) is 10.8 Å². The van der Waals surface area contributed by atoms with Crippen molar-refractivity contribution in [1.82, 2.24) is 9.97 Å². The Labute approximate surface area is 123 Å². The van der Waals surface area contributed by atoms with Crippen LogP contribution in [-0.4, -0.2) is 22.6 Å². The van der Waals surface area contributed by atoms with Crippen LogP contribution in [0.15, 0.2) is 10.8 Å². The van der Waals surface area contributed by atoms with Gasteiger partial charge < -0.3 is 10.6 Å². The summed E-state index contributed by atoms with van der Waals surface area (Å²) in [6.45, 7) is 7.73. The highest BCUT2D eigenvalue weighted by Crippen LogP contribution is 2.39. The van der Waals surface area contributed by atoms with Crippen LogP contribution in [0.2, 0.25) is 0 Å². The van der Waals surface area contributed by atoms with E-state index >= 15 is 0 Å². The average Bonchev–Trinajstić information content (AvgIpc) is 2.70. The predicted molar refractivity (Wildman–Crippen MR) is 83.6 cm³/mol. The molecule has 0 amide bonds. The summed E-state index contributed by atoms with van der Waals surface area (Å²) < 4.78 is 0.938. The van der Waals surface area contributed by atoms with Gasteiger partial charge in [-0.2, -0.15) is 0 Å². The molecule has 1 atom stereocenters. The largest absolute Gasteiger partial charge is 0.369 e. The van der Waals surface area contributed by atoms with Gasteiger partial charge in [0, 0.05) is 12.6 Å². The van der Waals surface area contributed by atoms with E-state index in [1.54, 1.807) is 6.33 Å². The van der Waals surface area contributed by atoms with Crippen LogP contribution in [0.3, 0.4) is 0 Å². The van der Waals surface area contributed by atoms with Crippen LogP contribution in [0.25, 0.3) is 0 Å². The summed E-state index contributed by atoms with van der Waals surface area (Å²) in [6, 6.07) is 0.514. The quantitative estimate of drug-likeness (QED) is 0.856. The molecule has 19 heavy (non-hydrogen) atoms. The summed E-state index contributed by atoms with van der Waals surface area (Å²) in [6.07, 6.45) is 6.37. The number of hydrogen-bond donors (Lipinski definition) is 2. The third kappa shape index (κ3) is 3.81. The molecule has 5 heteroatoms. The van der Waals surface area contributed by atoms with Crippen LogP contribution in [-0.2, 0) is 0 Å². The van der Waals surface area contributed by atoms with Crippen molar-refractivity contribution in [1.29, 1.82) is 0 Å². The first-order valence-electron chi connectivity index (χ1n) is 7.03. The molecular weight excluding hydrogens is 304 g/mol. The molecule has 0 saturated heterocycles. The molecule has 1 aliphatic carbocycles. The fourth-order valence-electron chi connectivity index (χ4n) is 2.59. The Morgan fingerprint density at radius 2 is 2.11 bits per heavy atom. The molecular formula is C14H23BrN4. The Morgan fingerprint density at radius 1 is 1.37 bits per heavy atom. The molecule has 106 valence electrons. The van der Waals surface area contributed by atoms with Gasteiger partial charge in [0.25, 0.3) is 0 Å². The molecule has 2 rings (SSSR count). The lowest BCUT2D eigenvalue weighted by atomic mass is 9.92. The molecule has 4 nitrogen and oxygen atoms in total. The third-order valence-electron chi connectivity index (χ3n) is 3.64. The molecule has 1 aliphatic rings. The molecule has 0 radical (unpaired) electrons. The van der Waals surface area contributed by atoms with Crippen molar-refractivity contribution in [2.75, 3.05) is 17.2 Å². The Balaban J connectivity index is 2.04. The maximum Gasteiger partial charge on any atom is 0.146 e. The van der Waals surface area contributed by atoms with E-state index in [9.17, 15) is 0 Å². The normalized spacial score (nSPS) is 21.4. The van der Waals surface area contributed by atoms with Crippen LogP contribution in [0.4, 0.5) is 11.6 Å². The maximum absolute atomic E-state index is 4.35. The Bertz CT molecular complexity index is 433. The van der Waals surface area contributed by atoms with Crippen LogP contribution >= 0.6 is 15.9 Å². The van der Waals surface area contributed by atoms with Crippen molar-refractivity contribution in [3.63, 3.8) is 0 Å². The number of aromatic nitrogens is 2. The molecule has 1 fully saturated rings. The van der Waals surface area contributed by atoms with Gasteiger partial charge in [-0.15, -0.1) is 0 Å². The van der Waals surface area contributed by atoms with Gasteiger partial charge in [-0.3, -0.25) is 0 Å². The number of anilines is 2. The lowest BCUT2D eigenvalue weighted by Gasteiger charge is -2.19. The first kappa shape index (κ1) is 14.6. The lowest BCUT2D eigenvalue weighted by molar-refractivity contribution is 0.378. The van der Waals surface area contributed by atoms with Gasteiger partial charge in [-0.05, 0) is 47.0 Å². The van der Waals surface area contributed by atoms with E-state index in [2.05, 4.69) is 57.3 Å². The summed E-state index contributed by atoms with van der Waals surface area (Å²) in [5.74, 6) is 1.77. The van der Waals surface area contributed by atoms with E-state index in [0.717, 1.165) is 29.1 Å². The van der Waals surface area contributed by atoms with E-state index < -0.39 is 0 Å². The summed E-state index contributed by atoms with van der Waals surface area (Å²) in [4.78, 5) is 8.62. The monoisotopic (exact) mass is 326 g/mol. The van der Waals surface area contributed by atoms with Crippen LogP contribution in [0, 0.1) is 5.41 Å². The minimum atomic E-state index is 0.445. The minimum absolute atomic E-state index is 0.445. The molecule has 1 saturated carbocycles. The molecule has 0 aliphatic heterocycles. The first-order chi connectivity index (χ1) is 9.02. The van der Waals surface area contributed by atoms with Crippen LogP contribution in [0.1, 0.15) is 46.5 Å². The van der Waals surface area contributed by atoms with Gasteiger partial charge in [0.1, 0.15) is 22.4 Å². The van der Waals surface area contributed by atoms with Gasteiger partial charge in [0.2, 0.25) is 0 Å². The number of nitrogens with zero attached hydrogens (tertiary/aromatic N) is 2. The Kier molecular flexibility index (Phi) is 4.66. The van der Waals surface area contributed by atoms with E-state index in [0.29, 0.717) is 11.5 Å². The SMILES string of the molecule is CCCNc1ncnc(NC2CCC(C)(C)C2)c1Br. The lowest BCUT2D eigenvalue weighted by Crippen LogP contribution is -2.19. The molecule has 1 aromatic rings. The van der Waals surface area contributed by atoms with Gasteiger partial charge in [-0.1, -0.05) is 20.8 Å². The van der Waals surface area contributed by atoms with Crippen LogP contribution in [0.5, 0.6) is 0 Å². The van der Waals surface area contributed by atoms with Crippen molar-refractivity contribution in [2.24, 2.45) is 5.41 Å². The maximum atomic E-state index is 4.35. The molecule has 1 aromatic heterocycles. The highest BCUT2D eigenvalue weighted by molar-refractivity contribution is 9.10. The molecule has 2 N–H and O–H groups in total. The summed E-state index contributed by atoms with van der Waals surface area (Å²) in [5.41, 5.74) is 0.445. The number of hydrogen-bond acceptors (Lipinski definition) is 4. The van der Waals surface area contributed by atoms with Gasteiger partial charge in [-0.25, -0.2) is 9.97 Å². The van der Waals surface area contributed by atoms with Gasteiger partial charge in [0.15, 0.2) is 0 Å². The highest BCUT2D eigenvalue weighted by atomic mass is 79.9. The first-order valence-corrected chi connectivity index (χ1v) is 7.82. The number of nitrogens with one attached hydrogen (secondary N) is 2. The molecule has 0 aromatic carbocycles. The van der Waals surface area contributed by atoms with Gasteiger partial charge >= 0.3 is 0 Å². The zero-order valence-electron chi connectivity index (χ0n) is 12.0. The van der Waals surface area contributed by atoms with Crippen molar-refractivity contribution in [2.45, 2.75) is 52.5 Å². The van der Waals surface area contributed by atoms with E-state index in [4.69, 9.17) is 0 Å². The summed E-state index contributed by atoms with van der Waals surface area (Å²) in [7, 11) is 0. The van der Waals surface area contributed by atoms with Crippen molar-refractivity contribution in [3.8, 4) is 0 Å². The number of rotatable bonds is 5. The minimum Gasteiger partial charge on any atom is -0.369 e. The third-order valence-corrected chi connectivity index (χ3v) is 4.39. The predicted octanol–water partition coefficient (Wildman–Crippen LogP) is 4.05. The standard InChI is InChI=1S/C14H23BrN4/c1-4-7-16-12-11(15)13(18-9-17-12)19-10-5-6-14(2,3)8-10/h9-10H,4-8H2,1-3H3,(H2,16,17,18,19). The fourth-order valence-corrected chi connectivity index (χ4v) is 3.05. The summed E-state index contributed by atoms with van der Waals surface area (Å²) >= 11 is 3.60. The second kappa shape index (κ2) is 6.07. The topological polar surface area (TPSA) is 49.8 Å². The zero-order valence-corrected chi connectivity index (χ0v) is 13.5. The molecule has 0 spiro atoms. The second-order valence-corrected chi connectivity index (χ2v) is 6.85. The van der Waals surface area contributed by atoms with Gasteiger partial charge in [0.05, 0.1) is 0 Å². The average molecular weight is 327 g/mol. The molecule has 1 heterocycles. The van der Waals surface area contributed by atoms with E-state index in [1.165, 1.54) is 19.3 Å². The smallest absolute Gasteiger partial charge is 0.146 e. The van der Waals surface area contributed by atoms with E-state index in [1.807, 2.05) is 0 Å². The molecule has 0 bridgehead atoms. The molecule has 1 unspecified atom stereocenters. The van der Waals surface area contributed by atoms with Crippen molar-refractivity contribution < 1.29 is 0 Å². The highest BCUT2D eigenvalue weighted by Gasteiger charge is 2.31. The summed E-state index contributed by atoms with van der Waals surface area (Å²) in [5, 5.41) is 6.85. The van der Waals surface area contributed by atoms with Crippen molar-refractivity contribution >= 4 is 27.6 Å². The zero-order chi connectivity index (χ0) is 13.9. The van der Waals surface area contributed by atoms with Crippen LogP contribution < -0.4 is 10.6 Å². The second-order valence-electron chi connectivity index (χ2n) is 6.06. The Hall–Kier alpha value is -0.840. The van der Waals surface area contributed by atoms with E-state index in [-0.39, 0.29) is 0 Å².